The molecule has 116 valence electrons. The van der Waals surface area contributed by atoms with E-state index in [1.54, 1.807) is 0 Å². The highest BCUT2D eigenvalue weighted by Crippen LogP contribution is 2.30. The topological polar surface area (TPSA) is 98.9 Å². The maximum absolute atomic E-state index is 11.8. The predicted molar refractivity (Wildman–Crippen MR) is 75.8 cm³/mol. The van der Waals surface area contributed by atoms with Crippen molar-refractivity contribution in [1.29, 1.82) is 0 Å². The zero-order valence-corrected chi connectivity index (χ0v) is 12.5. The first-order chi connectivity index (χ1) is 9.29. The van der Waals surface area contributed by atoms with Crippen LogP contribution in [0.1, 0.15) is 25.7 Å². The summed E-state index contributed by atoms with van der Waals surface area (Å²) in [6, 6.07) is 0.377. The fraction of sp³-hybridized carbons (Fsp3) is 0.846. The lowest BCUT2D eigenvalue weighted by atomic mass is 9.95. The number of hydrogen-bond acceptors (Lipinski definition) is 5. The van der Waals surface area contributed by atoms with Gasteiger partial charge in [-0.3, -0.25) is 15.0 Å². The van der Waals surface area contributed by atoms with E-state index in [0.717, 1.165) is 19.3 Å². The number of aliphatic carboxylic acids is 1. The normalized spacial score (nSPS) is 24.1. The Morgan fingerprint density at radius 3 is 2.50 bits per heavy atom. The van der Waals surface area contributed by atoms with Gasteiger partial charge < -0.3 is 15.7 Å². The SMILES string of the molecule is CN(CC(=O)O)NC(=O)CC(N)[C@H]1CC[C@@H](N(C)C)C1. The van der Waals surface area contributed by atoms with Crippen LogP contribution in [0.3, 0.4) is 0 Å². The fourth-order valence-corrected chi connectivity index (χ4v) is 2.73. The average molecular weight is 286 g/mol. The van der Waals surface area contributed by atoms with Crippen LogP contribution in [0, 0.1) is 5.92 Å². The number of rotatable bonds is 7. The van der Waals surface area contributed by atoms with Crippen molar-refractivity contribution < 1.29 is 14.7 Å². The molecular formula is C13H26N4O3. The molecule has 3 atom stereocenters. The van der Waals surface area contributed by atoms with Gasteiger partial charge in [0.2, 0.25) is 5.91 Å². The van der Waals surface area contributed by atoms with Gasteiger partial charge in [0.25, 0.3) is 0 Å². The fourth-order valence-electron chi connectivity index (χ4n) is 2.73. The summed E-state index contributed by atoms with van der Waals surface area (Å²) in [5, 5.41) is 9.87. The van der Waals surface area contributed by atoms with Crippen LogP contribution in [0.15, 0.2) is 0 Å². The Bertz CT molecular complexity index is 349. The van der Waals surface area contributed by atoms with Crippen LogP contribution in [-0.2, 0) is 9.59 Å². The second-order valence-corrected chi connectivity index (χ2v) is 5.84. The third-order valence-electron chi connectivity index (χ3n) is 3.89. The van der Waals surface area contributed by atoms with Gasteiger partial charge in [-0.1, -0.05) is 0 Å². The Kier molecular flexibility index (Phi) is 6.38. The van der Waals surface area contributed by atoms with Crippen molar-refractivity contribution in [2.45, 2.75) is 37.8 Å². The Labute approximate surface area is 120 Å². The van der Waals surface area contributed by atoms with Crippen LogP contribution < -0.4 is 11.2 Å². The van der Waals surface area contributed by atoms with Crippen molar-refractivity contribution in [3.8, 4) is 0 Å². The summed E-state index contributed by atoms with van der Waals surface area (Å²) in [7, 11) is 5.65. The summed E-state index contributed by atoms with van der Waals surface area (Å²) in [5.74, 6) is -0.853. The van der Waals surface area contributed by atoms with Gasteiger partial charge in [-0.15, -0.1) is 0 Å². The molecule has 0 aromatic heterocycles. The lowest BCUT2D eigenvalue weighted by Gasteiger charge is -2.23. The van der Waals surface area contributed by atoms with Crippen molar-refractivity contribution in [2.75, 3.05) is 27.7 Å². The van der Waals surface area contributed by atoms with Gasteiger partial charge in [0.15, 0.2) is 0 Å². The summed E-state index contributed by atoms with van der Waals surface area (Å²) in [5.41, 5.74) is 8.63. The quantitative estimate of drug-likeness (QED) is 0.545. The summed E-state index contributed by atoms with van der Waals surface area (Å²) in [4.78, 5) is 24.5. The van der Waals surface area contributed by atoms with E-state index in [0.29, 0.717) is 12.0 Å². The van der Waals surface area contributed by atoms with E-state index >= 15 is 0 Å². The second kappa shape index (κ2) is 7.56. The highest BCUT2D eigenvalue weighted by molar-refractivity contribution is 5.76. The number of carboxylic acids is 1. The molecule has 0 heterocycles. The summed E-state index contributed by atoms with van der Waals surface area (Å²) >= 11 is 0. The van der Waals surface area contributed by atoms with Crippen LogP contribution in [0.25, 0.3) is 0 Å². The van der Waals surface area contributed by atoms with Gasteiger partial charge in [-0.25, -0.2) is 5.01 Å². The van der Waals surface area contributed by atoms with Crippen molar-refractivity contribution in [2.24, 2.45) is 11.7 Å². The maximum atomic E-state index is 11.8. The Morgan fingerprint density at radius 2 is 2.00 bits per heavy atom. The molecule has 0 radical (unpaired) electrons. The molecule has 0 bridgehead atoms. The number of nitrogens with zero attached hydrogens (tertiary/aromatic N) is 2. The molecule has 1 aliphatic rings. The minimum Gasteiger partial charge on any atom is -0.480 e. The zero-order valence-electron chi connectivity index (χ0n) is 12.5. The molecule has 1 amide bonds. The average Bonchev–Trinajstić information content (AvgIpc) is 2.76. The number of hydrazine groups is 1. The van der Waals surface area contributed by atoms with Crippen molar-refractivity contribution in [1.82, 2.24) is 15.3 Å². The maximum Gasteiger partial charge on any atom is 0.319 e. The summed E-state index contributed by atoms with van der Waals surface area (Å²) in [6.07, 6.45) is 3.41. The minimum absolute atomic E-state index is 0.168. The molecule has 1 unspecified atom stereocenters. The van der Waals surface area contributed by atoms with E-state index in [2.05, 4.69) is 24.4 Å². The summed E-state index contributed by atoms with van der Waals surface area (Å²) in [6.45, 7) is -0.229. The van der Waals surface area contributed by atoms with Crippen LogP contribution in [0.4, 0.5) is 0 Å². The molecular weight excluding hydrogens is 260 g/mol. The lowest BCUT2D eigenvalue weighted by Crippen LogP contribution is -2.45. The molecule has 0 saturated heterocycles. The first-order valence-corrected chi connectivity index (χ1v) is 6.94. The van der Waals surface area contributed by atoms with Crippen LogP contribution in [0.2, 0.25) is 0 Å². The standard InChI is InChI=1S/C13H26N4O3/c1-16(2)10-5-4-9(6-10)11(14)7-12(18)15-17(3)8-13(19)20/h9-11H,4-8,14H2,1-3H3,(H,15,18)(H,19,20)/t9-,10+,11?/m0/s1. The molecule has 0 aromatic carbocycles. The number of nitrogens with two attached hydrogens (primary N) is 1. The smallest absolute Gasteiger partial charge is 0.319 e. The monoisotopic (exact) mass is 286 g/mol. The first kappa shape index (κ1) is 16.9. The number of hydrogen-bond donors (Lipinski definition) is 3. The van der Waals surface area contributed by atoms with Gasteiger partial charge in [0.05, 0.1) is 0 Å². The van der Waals surface area contributed by atoms with Crippen LogP contribution in [0.5, 0.6) is 0 Å². The predicted octanol–water partition coefficient (Wildman–Crippen LogP) is -0.518. The Hall–Kier alpha value is -1.18. The molecule has 20 heavy (non-hydrogen) atoms. The molecule has 4 N–H and O–H groups in total. The third kappa shape index (κ3) is 5.44. The van der Waals surface area contributed by atoms with Crippen molar-refractivity contribution in [3.05, 3.63) is 0 Å². The van der Waals surface area contributed by atoms with E-state index in [-0.39, 0.29) is 24.9 Å². The highest BCUT2D eigenvalue weighted by Gasteiger charge is 2.31. The number of nitrogens with one attached hydrogen (secondary N) is 1. The number of likely N-dealkylation sites (N-methyl/N-ethyl adjacent to an activating group) is 1. The van der Waals surface area contributed by atoms with Crippen LogP contribution >= 0.6 is 0 Å². The molecule has 0 spiro atoms. The molecule has 1 aliphatic carbocycles. The van der Waals surface area contributed by atoms with E-state index in [1.165, 1.54) is 12.1 Å². The number of carboxylic acid groups (broad SMARTS) is 1. The van der Waals surface area contributed by atoms with Gasteiger partial charge in [-0.05, 0) is 39.3 Å². The number of amides is 1. The molecule has 1 fully saturated rings. The Morgan fingerprint density at radius 1 is 1.35 bits per heavy atom. The molecule has 0 aromatic rings. The zero-order chi connectivity index (χ0) is 15.3. The molecule has 0 aliphatic heterocycles. The Balaban J connectivity index is 2.33. The summed E-state index contributed by atoms with van der Waals surface area (Å²) < 4.78 is 0. The molecule has 7 nitrogen and oxygen atoms in total. The van der Waals surface area contributed by atoms with E-state index in [1.807, 2.05) is 0 Å². The van der Waals surface area contributed by atoms with Crippen LogP contribution in [-0.4, -0.2) is 66.7 Å². The number of carbonyl (C=O) groups is 2. The molecule has 1 saturated carbocycles. The highest BCUT2D eigenvalue weighted by atomic mass is 16.4. The van der Waals surface area contributed by atoms with Gasteiger partial charge in [-0.2, -0.15) is 0 Å². The number of carbonyl (C=O) groups excluding carboxylic acids is 1. The van der Waals surface area contributed by atoms with Gasteiger partial charge in [0, 0.05) is 25.6 Å². The largest absolute Gasteiger partial charge is 0.480 e. The van der Waals surface area contributed by atoms with E-state index in [4.69, 9.17) is 10.8 Å². The van der Waals surface area contributed by atoms with Gasteiger partial charge >= 0.3 is 5.97 Å². The second-order valence-electron chi connectivity index (χ2n) is 5.84. The molecule has 1 rings (SSSR count). The van der Waals surface area contributed by atoms with Crippen molar-refractivity contribution >= 4 is 11.9 Å². The van der Waals surface area contributed by atoms with Gasteiger partial charge in [0.1, 0.15) is 6.54 Å². The van der Waals surface area contributed by atoms with E-state index < -0.39 is 5.97 Å². The third-order valence-corrected chi connectivity index (χ3v) is 3.89. The van der Waals surface area contributed by atoms with E-state index in [9.17, 15) is 9.59 Å². The van der Waals surface area contributed by atoms with Crippen molar-refractivity contribution in [3.63, 3.8) is 0 Å². The lowest BCUT2D eigenvalue weighted by molar-refractivity contribution is -0.139. The minimum atomic E-state index is -0.985. The first-order valence-electron chi connectivity index (χ1n) is 6.94. The molecule has 7 heteroatoms.